The molecule has 2 saturated heterocycles. The number of benzene rings is 1. The highest BCUT2D eigenvalue weighted by Crippen LogP contribution is 2.39. The van der Waals surface area contributed by atoms with E-state index in [1.807, 2.05) is 12.1 Å². The lowest BCUT2D eigenvalue weighted by Gasteiger charge is -2.31. The number of nitrogens with one attached hydrogen (secondary N) is 1. The van der Waals surface area contributed by atoms with E-state index >= 15 is 0 Å². The number of hydrogen-bond donors (Lipinski definition) is 1. The fraction of sp³-hybridized carbons (Fsp3) is 0.480. The summed E-state index contributed by atoms with van der Waals surface area (Å²) in [5.74, 6) is 0.490. The SMILES string of the molecule is COc1ccc(N2CCOCC2)c2sc(NC(=O)c3ccnc(CN4CCCC(OC)C4)c3)nc12. The van der Waals surface area contributed by atoms with Gasteiger partial charge in [0, 0.05) is 45.0 Å². The first-order chi connectivity index (χ1) is 17.1. The molecule has 35 heavy (non-hydrogen) atoms. The van der Waals surface area contributed by atoms with Crippen molar-refractivity contribution in [2.24, 2.45) is 0 Å². The molecule has 2 aliphatic heterocycles. The number of aromatic nitrogens is 2. The molecule has 1 N–H and O–H groups in total. The summed E-state index contributed by atoms with van der Waals surface area (Å²) in [7, 11) is 3.40. The molecule has 0 radical (unpaired) electrons. The number of fused-ring (bicyclic) bond motifs is 1. The summed E-state index contributed by atoms with van der Waals surface area (Å²) < 4.78 is 17.6. The number of pyridine rings is 1. The van der Waals surface area contributed by atoms with E-state index < -0.39 is 0 Å². The third kappa shape index (κ3) is 5.40. The number of ether oxygens (including phenoxy) is 3. The van der Waals surface area contributed by atoms with Gasteiger partial charge in [0.05, 0.1) is 42.5 Å². The van der Waals surface area contributed by atoms with Gasteiger partial charge in [-0.1, -0.05) is 11.3 Å². The molecule has 2 aliphatic rings. The van der Waals surface area contributed by atoms with Crippen LogP contribution in [0.5, 0.6) is 5.75 Å². The number of piperidine rings is 1. The summed E-state index contributed by atoms with van der Waals surface area (Å²) in [5.41, 5.74) is 3.28. The van der Waals surface area contributed by atoms with Crippen LogP contribution in [0.3, 0.4) is 0 Å². The van der Waals surface area contributed by atoms with Gasteiger partial charge >= 0.3 is 0 Å². The van der Waals surface area contributed by atoms with Crippen molar-refractivity contribution in [3.05, 3.63) is 41.7 Å². The zero-order chi connectivity index (χ0) is 24.2. The molecule has 1 aromatic carbocycles. The number of carbonyl (C=O) groups is 1. The number of methoxy groups -OCH3 is 2. The average Bonchev–Trinajstić information content (AvgIpc) is 3.32. The van der Waals surface area contributed by atoms with Crippen LogP contribution in [0.25, 0.3) is 10.2 Å². The second kappa shape index (κ2) is 10.9. The quantitative estimate of drug-likeness (QED) is 0.531. The van der Waals surface area contributed by atoms with Crippen LogP contribution >= 0.6 is 11.3 Å². The smallest absolute Gasteiger partial charge is 0.257 e. The van der Waals surface area contributed by atoms with Gasteiger partial charge in [-0.2, -0.15) is 0 Å². The highest BCUT2D eigenvalue weighted by atomic mass is 32.1. The van der Waals surface area contributed by atoms with Crippen molar-refractivity contribution < 1.29 is 19.0 Å². The number of rotatable bonds is 7. The first-order valence-electron chi connectivity index (χ1n) is 12.0. The Morgan fingerprint density at radius 2 is 2.09 bits per heavy atom. The zero-order valence-electron chi connectivity index (χ0n) is 20.2. The number of nitrogens with zero attached hydrogens (tertiary/aromatic N) is 4. The minimum Gasteiger partial charge on any atom is -0.494 e. The predicted octanol–water partition coefficient (Wildman–Crippen LogP) is 3.40. The number of morpholine rings is 1. The molecule has 10 heteroatoms. The lowest BCUT2D eigenvalue weighted by atomic mass is 10.1. The molecule has 1 atom stereocenters. The van der Waals surface area contributed by atoms with E-state index in [0.717, 1.165) is 60.6 Å². The average molecular weight is 498 g/mol. The summed E-state index contributed by atoms with van der Waals surface area (Å²) in [6.07, 6.45) is 4.14. The fourth-order valence-corrected chi connectivity index (χ4v) is 5.71. The Bertz CT molecular complexity index is 1180. The van der Waals surface area contributed by atoms with Crippen LogP contribution in [0, 0.1) is 0 Å². The monoisotopic (exact) mass is 497 g/mol. The first-order valence-corrected chi connectivity index (χ1v) is 12.8. The third-order valence-corrected chi connectivity index (χ3v) is 7.53. The van der Waals surface area contributed by atoms with Crippen molar-refractivity contribution >= 4 is 38.3 Å². The molecule has 186 valence electrons. The molecule has 0 saturated carbocycles. The van der Waals surface area contributed by atoms with Gasteiger partial charge in [-0.25, -0.2) is 4.98 Å². The van der Waals surface area contributed by atoms with Crippen LogP contribution in [-0.2, 0) is 16.0 Å². The minimum atomic E-state index is -0.201. The van der Waals surface area contributed by atoms with Crippen LogP contribution in [-0.4, -0.2) is 80.5 Å². The van der Waals surface area contributed by atoms with E-state index in [0.29, 0.717) is 36.2 Å². The summed E-state index contributed by atoms with van der Waals surface area (Å²) in [6.45, 7) is 5.63. The van der Waals surface area contributed by atoms with Crippen molar-refractivity contribution in [3.63, 3.8) is 0 Å². The van der Waals surface area contributed by atoms with Crippen molar-refractivity contribution in [2.75, 3.05) is 63.8 Å². The van der Waals surface area contributed by atoms with Crippen LogP contribution in [0.1, 0.15) is 28.9 Å². The molecule has 0 aliphatic carbocycles. The highest BCUT2D eigenvalue weighted by molar-refractivity contribution is 7.23. The Balaban J connectivity index is 1.33. The van der Waals surface area contributed by atoms with Crippen LogP contribution in [0.15, 0.2) is 30.5 Å². The molecule has 3 aromatic rings. The van der Waals surface area contributed by atoms with Crippen molar-refractivity contribution in [1.29, 1.82) is 0 Å². The molecule has 2 aromatic heterocycles. The lowest BCUT2D eigenvalue weighted by Crippen LogP contribution is -2.38. The van der Waals surface area contributed by atoms with Crippen molar-refractivity contribution in [2.45, 2.75) is 25.5 Å². The fourth-order valence-electron chi connectivity index (χ4n) is 4.69. The topological polar surface area (TPSA) is 89.1 Å². The summed E-state index contributed by atoms with van der Waals surface area (Å²) in [4.78, 5) is 26.9. The van der Waals surface area contributed by atoms with E-state index in [2.05, 4.69) is 26.2 Å². The number of thiazole rings is 1. The van der Waals surface area contributed by atoms with E-state index in [4.69, 9.17) is 19.2 Å². The standard InChI is InChI=1S/C25H31N5O4S/c1-32-19-4-3-9-29(16-19)15-18-14-17(7-8-26-18)24(31)28-25-27-22-21(33-2)6-5-20(23(22)35-25)30-10-12-34-13-11-30/h5-8,14,19H,3-4,9-13,15-16H2,1-2H3,(H,27,28,31). The molecule has 1 amide bonds. The van der Waals surface area contributed by atoms with Gasteiger partial charge in [0.1, 0.15) is 11.3 Å². The van der Waals surface area contributed by atoms with E-state index in [-0.39, 0.29) is 12.0 Å². The van der Waals surface area contributed by atoms with Gasteiger partial charge < -0.3 is 19.1 Å². The number of anilines is 2. The van der Waals surface area contributed by atoms with E-state index in [1.54, 1.807) is 26.5 Å². The number of amides is 1. The Morgan fingerprint density at radius 1 is 1.23 bits per heavy atom. The Hall–Kier alpha value is -2.79. The summed E-state index contributed by atoms with van der Waals surface area (Å²) in [5, 5.41) is 3.53. The van der Waals surface area contributed by atoms with Crippen LogP contribution in [0.2, 0.25) is 0 Å². The second-order valence-electron chi connectivity index (χ2n) is 8.81. The van der Waals surface area contributed by atoms with E-state index in [9.17, 15) is 4.79 Å². The number of likely N-dealkylation sites (tertiary alicyclic amines) is 1. The third-order valence-electron chi connectivity index (χ3n) is 6.54. The Labute approximate surface area is 209 Å². The highest BCUT2D eigenvalue weighted by Gasteiger charge is 2.22. The van der Waals surface area contributed by atoms with Crippen molar-refractivity contribution in [3.8, 4) is 5.75 Å². The normalized spacial score (nSPS) is 19.1. The number of hydrogen-bond acceptors (Lipinski definition) is 9. The maximum Gasteiger partial charge on any atom is 0.257 e. The van der Waals surface area contributed by atoms with Gasteiger partial charge in [-0.3, -0.25) is 20.0 Å². The number of carbonyl (C=O) groups excluding carboxylic acids is 1. The van der Waals surface area contributed by atoms with Gasteiger partial charge in [0.2, 0.25) is 0 Å². The predicted molar refractivity (Wildman–Crippen MR) is 137 cm³/mol. The van der Waals surface area contributed by atoms with Gasteiger partial charge in [-0.05, 0) is 43.7 Å². The van der Waals surface area contributed by atoms with Crippen LogP contribution in [0.4, 0.5) is 10.8 Å². The molecule has 9 nitrogen and oxygen atoms in total. The molecule has 0 bridgehead atoms. The Kier molecular flexibility index (Phi) is 7.43. The molecular weight excluding hydrogens is 466 g/mol. The van der Waals surface area contributed by atoms with Crippen LogP contribution < -0.4 is 15.0 Å². The zero-order valence-corrected chi connectivity index (χ0v) is 21.0. The van der Waals surface area contributed by atoms with E-state index in [1.165, 1.54) is 11.3 Å². The molecule has 2 fully saturated rings. The molecular formula is C25H31N5O4S. The largest absolute Gasteiger partial charge is 0.494 e. The summed E-state index contributed by atoms with van der Waals surface area (Å²) >= 11 is 1.46. The molecule has 1 unspecified atom stereocenters. The molecule has 5 rings (SSSR count). The molecule has 4 heterocycles. The summed E-state index contributed by atoms with van der Waals surface area (Å²) in [6, 6.07) is 7.58. The maximum absolute atomic E-state index is 13.1. The van der Waals surface area contributed by atoms with Gasteiger partial charge in [0.15, 0.2) is 5.13 Å². The first kappa shape index (κ1) is 23.9. The second-order valence-corrected chi connectivity index (χ2v) is 9.81. The van der Waals surface area contributed by atoms with Gasteiger partial charge in [-0.15, -0.1) is 0 Å². The maximum atomic E-state index is 13.1. The van der Waals surface area contributed by atoms with Gasteiger partial charge in [0.25, 0.3) is 5.91 Å². The minimum absolute atomic E-state index is 0.201. The molecule has 0 spiro atoms. The lowest BCUT2D eigenvalue weighted by molar-refractivity contribution is 0.0281. The van der Waals surface area contributed by atoms with Crippen molar-refractivity contribution in [1.82, 2.24) is 14.9 Å². The Morgan fingerprint density at radius 3 is 2.89 bits per heavy atom.